The number of esters is 2. The normalized spacial score (nSPS) is 20.3. The lowest BCUT2D eigenvalue weighted by molar-refractivity contribution is -0.167. The topological polar surface area (TPSA) is 72.8 Å². The molecule has 0 aromatic heterocycles. The van der Waals surface area contributed by atoms with Crippen LogP contribution in [0.15, 0.2) is 54.1 Å². The van der Waals surface area contributed by atoms with Crippen molar-refractivity contribution in [2.45, 2.75) is 43.6 Å². The van der Waals surface area contributed by atoms with Crippen LogP contribution in [-0.2, 0) is 31.4 Å². The number of carbonyl (C=O) groups is 2. The van der Waals surface area contributed by atoms with Gasteiger partial charge in [-0.05, 0) is 41.8 Å². The molecule has 11 heteroatoms. The van der Waals surface area contributed by atoms with Crippen molar-refractivity contribution < 1.29 is 50.5 Å². The van der Waals surface area contributed by atoms with E-state index in [2.05, 4.69) is 0 Å². The zero-order chi connectivity index (χ0) is 26.7. The average molecular weight is 516 g/mol. The first-order chi connectivity index (χ1) is 16.8. The largest absolute Gasteiger partial charge is 0.461 e. The summed E-state index contributed by atoms with van der Waals surface area (Å²) in [5, 5.41) is 9.85. The molecule has 3 rings (SSSR count). The number of aliphatic hydroxyl groups is 1. The number of cyclic esters (lactones) is 1. The van der Waals surface area contributed by atoms with E-state index in [1.54, 1.807) is 37.3 Å². The molecule has 0 radical (unpaired) electrons. The number of hydrogen-bond acceptors (Lipinski definition) is 5. The lowest BCUT2D eigenvalue weighted by Gasteiger charge is -2.25. The number of rotatable bonds is 7. The first-order valence-corrected chi connectivity index (χ1v) is 10.8. The van der Waals surface area contributed by atoms with Gasteiger partial charge < -0.3 is 14.6 Å². The van der Waals surface area contributed by atoms with E-state index < -0.39 is 72.1 Å². The van der Waals surface area contributed by atoms with Crippen molar-refractivity contribution in [3.05, 3.63) is 76.4 Å². The van der Waals surface area contributed by atoms with Crippen LogP contribution in [0.3, 0.4) is 0 Å². The van der Waals surface area contributed by atoms with Crippen LogP contribution in [-0.4, -0.2) is 35.9 Å². The molecule has 1 aliphatic heterocycles. The van der Waals surface area contributed by atoms with Crippen LogP contribution in [0.1, 0.15) is 47.9 Å². The van der Waals surface area contributed by atoms with Crippen LogP contribution < -0.4 is 0 Å². The van der Waals surface area contributed by atoms with Gasteiger partial charge in [-0.15, -0.1) is 0 Å². The molecular weight excluding hydrogens is 494 g/mol. The molecule has 0 saturated carbocycles. The van der Waals surface area contributed by atoms with E-state index in [9.17, 15) is 41.0 Å². The molecule has 36 heavy (non-hydrogen) atoms. The second-order valence-electron chi connectivity index (χ2n) is 8.40. The summed E-state index contributed by atoms with van der Waals surface area (Å²) in [6.07, 6.45) is -9.26. The number of aliphatic hydroxyl groups excluding tert-OH is 1. The van der Waals surface area contributed by atoms with Gasteiger partial charge in [-0.3, -0.25) is 4.79 Å². The minimum Gasteiger partial charge on any atom is -0.461 e. The molecule has 2 aromatic rings. The summed E-state index contributed by atoms with van der Waals surface area (Å²) < 4.78 is 89.3. The smallest absolute Gasteiger partial charge is 0.416 e. The molecule has 1 aliphatic rings. The Hall–Kier alpha value is -3.34. The molecule has 0 bridgehead atoms. The van der Waals surface area contributed by atoms with Crippen LogP contribution in [0.25, 0.3) is 6.08 Å². The predicted molar refractivity (Wildman–Crippen MR) is 115 cm³/mol. The highest BCUT2D eigenvalue weighted by Crippen LogP contribution is 2.38. The van der Waals surface area contributed by atoms with Crippen LogP contribution in [0.5, 0.6) is 0 Å². The van der Waals surface area contributed by atoms with Crippen LogP contribution >= 0.6 is 0 Å². The van der Waals surface area contributed by atoms with E-state index in [0.29, 0.717) is 24.1 Å². The molecule has 1 N–H and O–H groups in total. The van der Waals surface area contributed by atoms with Gasteiger partial charge in [0.05, 0.1) is 23.7 Å². The van der Waals surface area contributed by atoms with Gasteiger partial charge in [-0.2, -0.15) is 26.3 Å². The summed E-state index contributed by atoms with van der Waals surface area (Å²) in [6, 6.07) is 9.65. The second-order valence-corrected chi connectivity index (χ2v) is 8.40. The third kappa shape index (κ3) is 6.26. The minimum absolute atomic E-state index is 0.0245. The molecule has 194 valence electrons. The maximum Gasteiger partial charge on any atom is 0.416 e. The van der Waals surface area contributed by atoms with Gasteiger partial charge in [0.2, 0.25) is 0 Å². The molecule has 0 spiro atoms. The molecule has 0 amide bonds. The Morgan fingerprint density at radius 1 is 1.08 bits per heavy atom. The molecule has 5 nitrogen and oxygen atoms in total. The quantitative estimate of drug-likeness (QED) is 0.298. The van der Waals surface area contributed by atoms with E-state index in [1.807, 2.05) is 0 Å². The summed E-state index contributed by atoms with van der Waals surface area (Å²) >= 11 is 0. The van der Waals surface area contributed by atoms with Crippen molar-refractivity contribution in [2.24, 2.45) is 0 Å². The highest BCUT2D eigenvalue weighted by atomic mass is 19.4. The molecule has 0 aliphatic carbocycles. The van der Waals surface area contributed by atoms with Crippen LogP contribution in [0, 0.1) is 0 Å². The molecule has 2 unspecified atom stereocenters. The highest BCUT2D eigenvalue weighted by Gasteiger charge is 2.45. The summed E-state index contributed by atoms with van der Waals surface area (Å²) in [5.74, 6) is -2.32. The Kier molecular flexibility index (Phi) is 7.82. The van der Waals surface area contributed by atoms with Crippen molar-refractivity contribution in [3.63, 3.8) is 0 Å². The number of carbonyl (C=O) groups excluding carboxylic acids is 2. The van der Waals surface area contributed by atoms with Gasteiger partial charge in [-0.1, -0.05) is 37.3 Å². The molecule has 2 aromatic carbocycles. The highest BCUT2D eigenvalue weighted by molar-refractivity contribution is 5.96. The van der Waals surface area contributed by atoms with E-state index in [1.165, 1.54) is 0 Å². The maximum absolute atomic E-state index is 13.1. The monoisotopic (exact) mass is 516 g/mol. The van der Waals surface area contributed by atoms with Crippen LogP contribution in [0.2, 0.25) is 0 Å². The standard InChI is InChI=1S/C25H22F6O5/c1-2-20(16-6-4-3-5-7-16)22(34)35-14-23(13-32)12-17(21(33)36-23)8-15-9-18(24(26,27)28)11-19(10-15)25(29,30)31/h3-11,20,32H,2,12-14H2,1H3/b17-8-. The average Bonchev–Trinajstić information content (AvgIpc) is 3.13. The first kappa shape index (κ1) is 27.3. The Balaban J connectivity index is 1.83. The molecular formula is C25H22F6O5. The SMILES string of the molecule is CCC(C(=O)OCC1(CO)C/C(=C/c2cc(C(F)(F)F)cc(C(F)(F)F)c2)C(=O)O1)c1ccccc1. The zero-order valence-corrected chi connectivity index (χ0v) is 18.9. The Morgan fingerprint density at radius 3 is 2.17 bits per heavy atom. The predicted octanol–water partition coefficient (Wildman–Crippen LogP) is 5.52. The van der Waals surface area contributed by atoms with E-state index in [4.69, 9.17) is 9.47 Å². The third-order valence-corrected chi connectivity index (χ3v) is 5.70. The van der Waals surface area contributed by atoms with Crippen molar-refractivity contribution in [1.29, 1.82) is 0 Å². The summed E-state index contributed by atoms with van der Waals surface area (Å²) in [5.41, 5.74) is -4.90. The molecule has 2 atom stereocenters. The second kappa shape index (κ2) is 10.3. The fraction of sp³-hybridized carbons (Fsp3) is 0.360. The third-order valence-electron chi connectivity index (χ3n) is 5.70. The minimum atomic E-state index is -5.05. The van der Waals surface area contributed by atoms with E-state index in [0.717, 1.165) is 6.08 Å². The zero-order valence-electron chi connectivity index (χ0n) is 18.9. The van der Waals surface area contributed by atoms with Crippen LogP contribution in [0.4, 0.5) is 26.3 Å². The first-order valence-electron chi connectivity index (χ1n) is 10.8. The molecule has 1 heterocycles. The van der Waals surface area contributed by atoms with Gasteiger partial charge >= 0.3 is 24.3 Å². The van der Waals surface area contributed by atoms with E-state index in [-0.39, 0.29) is 11.6 Å². The number of benzene rings is 2. The number of ether oxygens (including phenoxy) is 2. The summed E-state index contributed by atoms with van der Waals surface area (Å²) in [4.78, 5) is 25.0. The lowest BCUT2D eigenvalue weighted by atomic mass is 9.95. The van der Waals surface area contributed by atoms with E-state index >= 15 is 0 Å². The lowest BCUT2D eigenvalue weighted by Crippen LogP contribution is -2.39. The Bertz CT molecular complexity index is 1110. The fourth-order valence-electron chi connectivity index (χ4n) is 3.83. The summed E-state index contributed by atoms with van der Waals surface area (Å²) in [7, 11) is 0. The number of halogens is 6. The molecule has 1 saturated heterocycles. The Labute approximate surface area is 202 Å². The van der Waals surface area contributed by atoms with Gasteiger partial charge in [0.15, 0.2) is 5.60 Å². The Morgan fingerprint density at radius 2 is 1.67 bits per heavy atom. The number of alkyl halides is 6. The van der Waals surface area contributed by atoms with Crippen molar-refractivity contribution >= 4 is 18.0 Å². The van der Waals surface area contributed by atoms with Gasteiger partial charge in [0, 0.05) is 12.0 Å². The summed E-state index contributed by atoms with van der Waals surface area (Å²) in [6.45, 7) is 0.425. The fourth-order valence-corrected chi connectivity index (χ4v) is 3.83. The maximum atomic E-state index is 13.1. The van der Waals surface area contributed by atoms with Gasteiger partial charge in [0.25, 0.3) is 0 Å². The van der Waals surface area contributed by atoms with Crippen molar-refractivity contribution in [1.82, 2.24) is 0 Å². The van der Waals surface area contributed by atoms with Gasteiger partial charge in [0.1, 0.15) is 6.61 Å². The number of hydrogen-bond donors (Lipinski definition) is 1. The van der Waals surface area contributed by atoms with Crippen molar-refractivity contribution in [3.8, 4) is 0 Å². The van der Waals surface area contributed by atoms with Gasteiger partial charge in [-0.25, -0.2) is 4.79 Å². The molecule has 1 fully saturated rings. The van der Waals surface area contributed by atoms with Crippen molar-refractivity contribution in [2.75, 3.05) is 13.2 Å².